The average Bonchev–Trinajstić information content (AvgIpc) is 2.85. The van der Waals surface area contributed by atoms with Crippen LogP contribution in [-0.4, -0.2) is 37.4 Å². The van der Waals surface area contributed by atoms with Crippen LogP contribution >= 0.6 is 0 Å². The van der Waals surface area contributed by atoms with Gasteiger partial charge in [-0.3, -0.25) is 10.1 Å². The lowest BCUT2D eigenvalue weighted by Crippen LogP contribution is -2.30. The highest BCUT2D eigenvalue weighted by Crippen LogP contribution is 2.24. The second kappa shape index (κ2) is 6.49. The van der Waals surface area contributed by atoms with E-state index >= 15 is 0 Å². The molecule has 3 N–H and O–H groups in total. The van der Waals surface area contributed by atoms with Gasteiger partial charge in [-0.2, -0.15) is 0 Å². The lowest BCUT2D eigenvalue weighted by atomic mass is 10.1. The second-order valence-electron chi connectivity index (χ2n) is 4.21. The minimum Gasteiger partial charge on any atom is -0.480 e. The second-order valence-corrected chi connectivity index (χ2v) is 4.21. The van der Waals surface area contributed by atoms with E-state index < -0.39 is 12.0 Å². The summed E-state index contributed by atoms with van der Waals surface area (Å²) in [4.78, 5) is 10.7. The number of aliphatic carboxylic acids is 1. The number of fused-ring (bicyclic) bond motifs is 1. The van der Waals surface area contributed by atoms with Gasteiger partial charge in [0.15, 0.2) is 0 Å². The monoisotopic (exact) mass is 250 g/mol. The number of nitrogens with one attached hydrogen (secondary N) is 2. The van der Waals surface area contributed by atoms with Crippen LogP contribution in [0.25, 0.3) is 0 Å². The molecule has 1 aromatic rings. The SMILES string of the molecule is C1COCCN1.O=C(O)C1NCc2ccccc21. The van der Waals surface area contributed by atoms with Crippen molar-refractivity contribution in [1.29, 1.82) is 0 Å². The first-order chi connectivity index (χ1) is 8.79. The molecule has 0 aliphatic carbocycles. The van der Waals surface area contributed by atoms with Crippen LogP contribution in [0.1, 0.15) is 17.2 Å². The molecule has 0 amide bonds. The Kier molecular flexibility index (Phi) is 4.69. The lowest BCUT2D eigenvalue weighted by molar-refractivity contribution is -0.139. The molecule has 2 heterocycles. The van der Waals surface area contributed by atoms with Gasteiger partial charge in [-0.05, 0) is 11.1 Å². The Labute approximate surface area is 106 Å². The zero-order chi connectivity index (χ0) is 12.8. The number of benzene rings is 1. The molecule has 5 nitrogen and oxygen atoms in total. The third-order valence-corrected chi connectivity index (χ3v) is 2.96. The quantitative estimate of drug-likeness (QED) is 0.678. The van der Waals surface area contributed by atoms with Crippen LogP contribution in [0.5, 0.6) is 0 Å². The maximum absolute atomic E-state index is 10.7. The summed E-state index contributed by atoms with van der Waals surface area (Å²) in [7, 11) is 0. The molecule has 3 rings (SSSR count). The van der Waals surface area contributed by atoms with Crippen molar-refractivity contribution < 1.29 is 14.6 Å². The Balaban J connectivity index is 0.000000169. The zero-order valence-corrected chi connectivity index (χ0v) is 10.2. The predicted molar refractivity (Wildman–Crippen MR) is 67.3 cm³/mol. The maximum atomic E-state index is 10.7. The van der Waals surface area contributed by atoms with Gasteiger partial charge in [0, 0.05) is 19.6 Å². The summed E-state index contributed by atoms with van der Waals surface area (Å²) in [6, 6.07) is 7.08. The summed E-state index contributed by atoms with van der Waals surface area (Å²) in [5.41, 5.74) is 1.98. The standard InChI is InChI=1S/C9H9NO2.C4H9NO/c11-9(12)8-7-4-2-1-3-6(7)5-10-8;1-3-6-4-2-5-1/h1-4,8,10H,5H2,(H,11,12);5H,1-4H2. The van der Waals surface area contributed by atoms with Crippen molar-refractivity contribution in [2.45, 2.75) is 12.6 Å². The molecule has 0 aromatic heterocycles. The fraction of sp³-hybridized carbons (Fsp3) is 0.462. The number of carbonyl (C=O) groups is 1. The lowest BCUT2D eigenvalue weighted by Gasteiger charge is -2.10. The van der Waals surface area contributed by atoms with Crippen molar-refractivity contribution >= 4 is 5.97 Å². The number of carboxylic acids is 1. The van der Waals surface area contributed by atoms with E-state index in [-0.39, 0.29) is 0 Å². The summed E-state index contributed by atoms with van der Waals surface area (Å²) in [5.74, 6) is -0.806. The number of hydrogen-bond acceptors (Lipinski definition) is 4. The molecule has 2 aliphatic rings. The van der Waals surface area contributed by atoms with Gasteiger partial charge in [-0.25, -0.2) is 0 Å². The van der Waals surface area contributed by atoms with Gasteiger partial charge in [0.05, 0.1) is 13.2 Å². The Morgan fingerprint density at radius 1 is 1.28 bits per heavy atom. The van der Waals surface area contributed by atoms with E-state index in [1.165, 1.54) is 0 Å². The molecule has 1 unspecified atom stereocenters. The third kappa shape index (κ3) is 3.29. The van der Waals surface area contributed by atoms with Crippen molar-refractivity contribution in [3.05, 3.63) is 35.4 Å². The number of carboxylic acid groups (broad SMARTS) is 1. The van der Waals surface area contributed by atoms with Gasteiger partial charge in [-0.1, -0.05) is 24.3 Å². The molecule has 5 heteroatoms. The van der Waals surface area contributed by atoms with Gasteiger partial charge in [0.1, 0.15) is 6.04 Å². The molecule has 98 valence electrons. The first kappa shape index (κ1) is 13.0. The van der Waals surface area contributed by atoms with Crippen LogP contribution in [0.4, 0.5) is 0 Å². The summed E-state index contributed by atoms with van der Waals surface area (Å²) < 4.78 is 5.01. The van der Waals surface area contributed by atoms with Crippen molar-refractivity contribution in [2.24, 2.45) is 0 Å². The third-order valence-electron chi connectivity index (χ3n) is 2.96. The highest BCUT2D eigenvalue weighted by atomic mass is 16.5. The summed E-state index contributed by atoms with van der Waals surface area (Å²) in [6.45, 7) is 4.49. The molecular formula is C13H18N2O3. The van der Waals surface area contributed by atoms with Crippen molar-refractivity contribution in [1.82, 2.24) is 10.6 Å². The molecule has 0 bridgehead atoms. The maximum Gasteiger partial charge on any atom is 0.325 e. The van der Waals surface area contributed by atoms with Gasteiger partial charge in [0.25, 0.3) is 0 Å². The topological polar surface area (TPSA) is 70.6 Å². The van der Waals surface area contributed by atoms with Crippen molar-refractivity contribution in [3.8, 4) is 0 Å². The van der Waals surface area contributed by atoms with Crippen molar-refractivity contribution in [2.75, 3.05) is 26.3 Å². The van der Waals surface area contributed by atoms with Gasteiger partial charge >= 0.3 is 5.97 Å². The molecule has 18 heavy (non-hydrogen) atoms. The number of morpholine rings is 1. The Hall–Kier alpha value is -1.43. The van der Waals surface area contributed by atoms with Crippen molar-refractivity contribution in [3.63, 3.8) is 0 Å². The minimum atomic E-state index is -0.806. The van der Waals surface area contributed by atoms with Crippen LogP contribution in [0.15, 0.2) is 24.3 Å². The largest absolute Gasteiger partial charge is 0.480 e. The van der Waals surface area contributed by atoms with Crippen LogP contribution in [0, 0.1) is 0 Å². The average molecular weight is 250 g/mol. The van der Waals surface area contributed by atoms with E-state index in [9.17, 15) is 4.79 Å². The normalized spacial score (nSPS) is 21.7. The minimum absolute atomic E-state index is 0.513. The summed E-state index contributed by atoms with van der Waals surface area (Å²) >= 11 is 0. The van der Waals surface area contributed by atoms with Crippen LogP contribution in [0.3, 0.4) is 0 Å². The van der Waals surface area contributed by atoms with Crippen LogP contribution < -0.4 is 10.6 Å². The predicted octanol–water partition coefficient (Wildman–Crippen LogP) is 0.522. The van der Waals surface area contributed by atoms with E-state index in [2.05, 4.69) is 10.6 Å². The zero-order valence-electron chi connectivity index (χ0n) is 10.2. The van der Waals surface area contributed by atoms with Gasteiger partial charge in [0.2, 0.25) is 0 Å². The molecule has 0 radical (unpaired) electrons. The molecular weight excluding hydrogens is 232 g/mol. The summed E-state index contributed by atoms with van der Waals surface area (Å²) in [5, 5.41) is 14.9. The number of ether oxygens (including phenoxy) is 1. The molecule has 0 spiro atoms. The molecule has 2 aliphatic heterocycles. The first-order valence-corrected chi connectivity index (χ1v) is 6.11. The van der Waals surface area contributed by atoms with Gasteiger partial charge in [-0.15, -0.1) is 0 Å². The molecule has 1 fully saturated rings. The van der Waals surface area contributed by atoms with E-state index in [1.807, 2.05) is 24.3 Å². The summed E-state index contributed by atoms with van der Waals surface area (Å²) in [6.07, 6.45) is 0. The van der Waals surface area contributed by atoms with Crippen LogP contribution in [0.2, 0.25) is 0 Å². The fourth-order valence-electron chi connectivity index (χ4n) is 2.03. The molecule has 1 atom stereocenters. The molecule has 1 aromatic carbocycles. The Morgan fingerprint density at radius 2 is 2.00 bits per heavy atom. The highest BCUT2D eigenvalue weighted by Gasteiger charge is 2.26. The van der Waals surface area contributed by atoms with E-state index in [0.29, 0.717) is 6.54 Å². The smallest absolute Gasteiger partial charge is 0.325 e. The van der Waals surface area contributed by atoms with Crippen LogP contribution in [-0.2, 0) is 16.1 Å². The Bertz CT molecular complexity index is 393. The molecule has 1 saturated heterocycles. The van der Waals surface area contributed by atoms with E-state index in [0.717, 1.165) is 37.4 Å². The molecule has 0 saturated carbocycles. The van der Waals surface area contributed by atoms with E-state index in [1.54, 1.807) is 0 Å². The Morgan fingerprint density at radius 3 is 2.56 bits per heavy atom. The highest BCUT2D eigenvalue weighted by molar-refractivity contribution is 5.77. The van der Waals surface area contributed by atoms with Gasteiger partial charge < -0.3 is 15.2 Å². The number of rotatable bonds is 1. The fourth-order valence-corrected chi connectivity index (χ4v) is 2.03. The number of hydrogen-bond donors (Lipinski definition) is 3. The first-order valence-electron chi connectivity index (χ1n) is 6.11. The van der Waals surface area contributed by atoms with E-state index in [4.69, 9.17) is 9.84 Å².